The molecule has 0 radical (unpaired) electrons. The van der Waals surface area contributed by atoms with E-state index in [2.05, 4.69) is 13.5 Å². The Morgan fingerprint density at radius 2 is 1.95 bits per heavy atom. The quantitative estimate of drug-likeness (QED) is 0.356. The highest BCUT2D eigenvalue weighted by atomic mass is 16.5. The third-order valence-corrected chi connectivity index (χ3v) is 3.27. The minimum atomic E-state index is -0.281. The summed E-state index contributed by atoms with van der Waals surface area (Å²) in [4.78, 5) is 11.9. The summed E-state index contributed by atoms with van der Waals surface area (Å²) in [7, 11) is 0. The molecule has 114 valence electrons. The highest BCUT2D eigenvalue weighted by molar-refractivity contribution is 5.87. The zero-order chi connectivity index (χ0) is 15.5. The summed E-state index contributed by atoms with van der Waals surface area (Å²) in [6, 6.07) is 9.96. The first kappa shape index (κ1) is 17.2. The van der Waals surface area contributed by atoms with Crippen LogP contribution in [0.4, 0.5) is 0 Å². The van der Waals surface area contributed by atoms with Gasteiger partial charge in [0.2, 0.25) is 0 Å². The lowest BCUT2D eigenvalue weighted by Gasteiger charge is -2.11. The van der Waals surface area contributed by atoms with Crippen LogP contribution in [0.1, 0.15) is 51.5 Å². The third kappa shape index (κ3) is 7.50. The number of rotatable bonds is 9. The monoisotopic (exact) mass is 286 g/mol. The van der Waals surface area contributed by atoms with Crippen molar-refractivity contribution in [1.29, 1.82) is 0 Å². The number of ether oxygens (including phenoxy) is 1. The first-order valence-electron chi connectivity index (χ1n) is 7.75. The lowest BCUT2D eigenvalue weighted by atomic mass is 10.1. The van der Waals surface area contributed by atoms with Gasteiger partial charge < -0.3 is 4.74 Å². The standard InChI is InChI=1S/C19H26O2/c1-4-5-6-8-11-16(2)19(20)21-17(3)14-15-18-12-9-7-10-13-18/h7,9-10,12-15,17H,2,4-6,8,11H2,1,3H3. The van der Waals surface area contributed by atoms with E-state index in [0.717, 1.165) is 24.8 Å². The van der Waals surface area contributed by atoms with Gasteiger partial charge in [0, 0.05) is 5.57 Å². The van der Waals surface area contributed by atoms with Crippen molar-refractivity contribution >= 4 is 12.0 Å². The maximum Gasteiger partial charge on any atom is 0.333 e. The van der Waals surface area contributed by atoms with Crippen LogP contribution in [0.3, 0.4) is 0 Å². The second kappa shape index (κ2) is 9.98. The zero-order valence-electron chi connectivity index (χ0n) is 13.2. The fourth-order valence-corrected chi connectivity index (χ4v) is 1.97. The molecule has 2 heteroatoms. The lowest BCUT2D eigenvalue weighted by molar-refractivity contribution is -0.141. The number of unbranched alkanes of at least 4 members (excludes halogenated alkanes) is 3. The Morgan fingerprint density at radius 3 is 2.62 bits per heavy atom. The van der Waals surface area contributed by atoms with Crippen molar-refractivity contribution < 1.29 is 9.53 Å². The van der Waals surface area contributed by atoms with Gasteiger partial charge in [-0.15, -0.1) is 0 Å². The van der Waals surface area contributed by atoms with Crippen LogP contribution in [0, 0.1) is 0 Å². The topological polar surface area (TPSA) is 26.3 Å². The second-order valence-corrected chi connectivity index (χ2v) is 5.29. The van der Waals surface area contributed by atoms with Gasteiger partial charge in [-0.3, -0.25) is 0 Å². The molecule has 0 bridgehead atoms. The summed E-state index contributed by atoms with van der Waals surface area (Å²) in [5.74, 6) is -0.281. The molecule has 0 aliphatic carbocycles. The molecule has 0 aromatic heterocycles. The predicted molar refractivity (Wildman–Crippen MR) is 88.9 cm³/mol. The molecule has 0 aliphatic rings. The van der Waals surface area contributed by atoms with Crippen molar-refractivity contribution in [2.24, 2.45) is 0 Å². The Hall–Kier alpha value is -1.83. The van der Waals surface area contributed by atoms with E-state index in [4.69, 9.17) is 4.74 Å². The maximum atomic E-state index is 11.9. The lowest BCUT2D eigenvalue weighted by Crippen LogP contribution is -2.14. The molecule has 1 unspecified atom stereocenters. The number of benzene rings is 1. The molecule has 0 fully saturated rings. The minimum absolute atomic E-state index is 0.245. The minimum Gasteiger partial charge on any atom is -0.455 e. The molecule has 1 atom stereocenters. The number of esters is 1. The van der Waals surface area contributed by atoms with Gasteiger partial charge in [-0.2, -0.15) is 0 Å². The highest BCUT2D eigenvalue weighted by Gasteiger charge is 2.10. The molecule has 0 spiro atoms. The molecule has 0 amide bonds. The van der Waals surface area contributed by atoms with Crippen LogP contribution >= 0.6 is 0 Å². The molecule has 1 aromatic rings. The molecule has 0 aliphatic heterocycles. The van der Waals surface area contributed by atoms with Crippen LogP contribution in [0.25, 0.3) is 6.08 Å². The first-order valence-corrected chi connectivity index (χ1v) is 7.75. The molecule has 2 nitrogen and oxygen atoms in total. The summed E-state index contributed by atoms with van der Waals surface area (Å²) in [5, 5.41) is 0. The van der Waals surface area contributed by atoms with Crippen LogP contribution in [-0.2, 0) is 9.53 Å². The molecule has 0 N–H and O–H groups in total. The van der Waals surface area contributed by atoms with E-state index in [1.165, 1.54) is 12.8 Å². The van der Waals surface area contributed by atoms with Crippen molar-refractivity contribution in [1.82, 2.24) is 0 Å². The molecular weight excluding hydrogens is 260 g/mol. The predicted octanol–water partition coefficient (Wildman–Crippen LogP) is 5.16. The summed E-state index contributed by atoms with van der Waals surface area (Å²) in [6.07, 6.45) is 8.89. The summed E-state index contributed by atoms with van der Waals surface area (Å²) >= 11 is 0. The van der Waals surface area contributed by atoms with Crippen LogP contribution in [0.15, 0.2) is 48.6 Å². The van der Waals surface area contributed by atoms with E-state index < -0.39 is 0 Å². The van der Waals surface area contributed by atoms with Crippen LogP contribution in [0.5, 0.6) is 0 Å². The number of hydrogen-bond acceptors (Lipinski definition) is 2. The van der Waals surface area contributed by atoms with Crippen molar-refractivity contribution in [2.75, 3.05) is 0 Å². The normalized spacial score (nSPS) is 12.3. The van der Waals surface area contributed by atoms with Crippen LogP contribution < -0.4 is 0 Å². The van der Waals surface area contributed by atoms with Crippen molar-refractivity contribution in [3.05, 3.63) is 54.1 Å². The Kier molecular flexibility index (Phi) is 8.18. The van der Waals surface area contributed by atoms with Gasteiger partial charge in [0.1, 0.15) is 6.10 Å². The van der Waals surface area contributed by atoms with Gasteiger partial charge >= 0.3 is 5.97 Å². The van der Waals surface area contributed by atoms with E-state index in [9.17, 15) is 4.79 Å². The van der Waals surface area contributed by atoms with Crippen molar-refractivity contribution in [2.45, 2.75) is 52.1 Å². The first-order chi connectivity index (χ1) is 10.1. The van der Waals surface area contributed by atoms with E-state index in [-0.39, 0.29) is 12.1 Å². The van der Waals surface area contributed by atoms with Crippen molar-refractivity contribution in [3.8, 4) is 0 Å². The number of hydrogen-bond donors (Lipinski definition) is 0. The Labute approximate surface area is 128 Å². The SMILES string of the molecule is C=C(CCCCCC)C(=O)OC(C)C=Cc1ccccc1. The van der Waals surface area contributed by atoms with E-state index >= 15 is 0 Å². The van der Waals surface area contributed by atoms with E-state index in [1.807, 2.05) is 49.4 Å². The Bertz CT molecular complexity index is 460. The molecule has 0 saturated heterocycles. The fourth-order valence-electron chi connectivity index (χ4n) is 1.97. The fraction of sp³-hybridized carbons (Fsp3) is 0.421. The Balaban J connectivity index is 2.33. The van der Waals surface area contributed by atoms with Gasteiger partial charge in [0.15, 0.2) is 0 Å². The second-order valence-electron chi connectivity index (χ2n) is 5.29. The summed E-state index contributed by atoms with van der Waals surface area (Å²) < 4.78 is 5.37. The third-order valence-electron chi connectivity index (χ3n) is 3.27. The van der Waals surface area contributed by atoms with E-state index in [0.29, 0.717) is 5.57 Å². The zero-order valence-corrected chi connectivity index (χ0v) is 13.2. The summed E-state index contributed by atoms with van der Waals surface area (Å²) in [5.41, 5.74) is 1.67. The van der Waals surface area contributed by atoms with Gasteiger partial charge in [-0.1, -0.05) is 69.2 Å². The van der Waals surface area contributed by atoms with Gasteiger partial charge in [-0.25, -0.2) is 4.79 Å². The number of carbonyl (C=O) groups excluding carboxylic acids is 1. The average Bonchev–Trinajstić information content (AvgIpc) is 2.50. The van der Waals surface area contributed by atoms with Gasteiger partial charge in [-0.05, 0) is 31.4 Å². The summed E-state index contributed by atoms with van der Waals surface area (Å²) in [6.45, 7) is 7.86. The van der Waals surface area contributed by atoms with Crippen LogP contribution in [-0.4, -0.2) is 12.1 Å². The van der Waals surface area contributed by atoms with Crippen molar-refractivity contribution in [3.63, 3.8) is 0 Å². The molecule has 21 heavy (non-hydrogen) atoms. The Morgan fingerprint density at radius 1 is 1.24 bits per heavy atom. The largest absolute Gasteiger partial charge is 0.455 e. The molecule has 0 heterocycles. The van der Waals surface area contributed by atoms with Gasteiger partial charge in [0.05, 0.1) is 0 Å². The number of carbonyl (C=O) groups is 1. The maximum absolute atomic E-state index is 11.9. The molecule has 1 aromatic carbocycles. The molecule has 1 rings (SSSR count). The molecular formula is C19H26O2. The van der Waals surface area contributed by atoms with E-state index in [1.54, 1.807) is 0 Å². The smallest absolute Gasteiger partial charge is 0.333 e. The van der Waals surface area contributed by atoms with Crippen LogP contribution in [0.2, 0.25) is 0 Å². The average molecular weight is 286 g/mol. The van der Waals surface area contributed by atoms with Gasteiger partial charge in [0.25, 0.3) is 0 Å². The highest BCUT2D eigenvalue weighted by Crippen LogP contribution is 2.12. The molecule has 0 saturated carbocycles.